The summed E-state index contributed by atoms with van der Waals surface area (Å²) in [5, 5.41) is 0. The highest BCUT2D eigenvalue weighted by Crippen LogP contribution is 1.79. The van der Waals surface area contributed by atoms with Crippen LogP contribution in [0.25, 0.3) is 0 Å². The Hall–Kier alpha value is -0.870. The first kappa shape index (κ1) is 11.9. The molecule has 0 aliphatic carbocycles. The van der Waals surface area contributed by atoms with Crippen LogP contribution in [-0.2, 0) is 13.6 Å². The van der Waals surface area contributed by atoms with Crippen LogP contribution in [0.1, 0.15) is 6.92 Å². The minimum Gasteiger partial charge on any atom is -0.870 e. The topological polar surface area (TPSA) is 70.3 Å². The molecule has 0 unspecified atom stereocenters. The number of imidazole rings is 1. The van der Waals surface area contributed by atoms with Crippen LogP contribution in [0.3, 0.4) is 0 Å². The predicted octanol–water partition coefficient (Wildman–Crippen LogP) is -0.669. The lowest BCUT2D eigenvalue weighted by molar-refractivity contribution is -0.671. The van der Waals surface area contributed by atoms with Gasteiger partial charge in [-0.1, -0.05) is 0 Å². The number of aryl methyl sites for hydroxylation is 2. The summed E-state index contributed by atoms with van der Waals surface area (Å²) in [7, 11) is 2.02. The summed E-state index contributed by atoms with van der Waals surface area (Å²) in [5.41, 5.74) is 0. The van der Waals surface area contributed by atoms with Gasteiger partial charge >= 0.3 is 0 Å². The lowest BCUT2D eigenvalue weighted by atomic mass is 10.7. The summed E-state index contributed by atoms with van der Waals surface area (Å²) >= 11 is 0. The molecule has 0 atom stereocenters. The van der Waals surface area contributed by atoms with E-state index in [2.05, 4.69) is 24.0 Å². The van der Waals surface area contributed by atoms with Crippen molar-refractivity contribution >= 4 is 0 Å². The van der Waals surface area contributed by atoms with Crippen LogP contribution >= 0.6 is 0 Å². The molecule has 4 heteroatoms. The summed E-state index contributed by atoms with van der Waals surface area (Å²) in [6, 6.07) is 0. The summed E-state index contributed by atoms with van der Waals surface area (Å²) < 4.78 is 4.16. The molecule has 3 N–H and O–H groups in total. The lowest BCUT2D eigenvalue weighted by Gasteiger charge is -1.81. The molecule has 1 heterocycles. The predicted molar refractivity (Wildman–Crippen MR) is 36.8 cm³/mol. The zero-order valence-electron chi connectivity index (χ0n) is 6.28. The van der Waals surface area contributed by atoms with Gasteiger partial charge in [-0.15, -0.1) is 0 Å². The van der Waals surface area contributed by atoms with Crippen LogP contribution in [-0.4, -0.2) is 15.5 Å². The Morgan fingerprint density at radius 2 is 2.10 bits per heavy atom. The third-order valence-corrected chi connectivity index (χ3v) is 1.19. The Bertz CT molecular complexity index is 174. The van der Waals surface area contributed by atoms with Crippen molar-refractivity contribution in [2.24, 2.45) is 7.05 Å². The second kappa shape index (κ2) is 4.96. The average molecular weight is 146 g/mol. The summed E-state index contributed by atoms with van der Waals surface area (Å²) in [6.45, 7) is 3.18. The van der Waals surface area contributed by atoms with Crippen molar-refractivity contribution in [3.05, 3.63) is 18.7 Å². The van der Waals surface area contributed by atoms with Crippen molar-refractivity contribution in [1.82, 2.24) is 4.57 Å². The van der Waals surface area contributed by atoms with Gasteiger partial charge in [-0.2, -0.15) is 0 Å². The van der Waals surface area contributed by atoms with Gasteiger partial charge in [0.05, 0.1) is 13.6 Å². The molecule has 0 fully saturated rings. The molecule has 0 aromatic carbocycles. The number of hydrogen-bond acceptors (Lipinski definition) is 1. The van der Waals surface area contributed by atoms with Gasteiger partial charge < -0.3 is 11.0 Å². The number of rotatable bonds is 1. The van der Waals surface area contributed by atoms with E-state index in [0.717, 1.165) is 6.54 Å². The first-order chi connectivity index (χ1) is 3.83. The molecule has 0 bridgehead atoms. The van der Waals surface area contributed by atoms with Crippen LogP contribution in [0.4, 0.5) is 0 Å². The van der Waals surface area contributed by atoms with E-state index in [-0.39, 0.29) is 11.0 Å². The molecular weight excluding hydrogens is 132 g/mol. The monoisotopic (exact) mass is 146 g/mol. The molecule has 60 valence electrons. The fourth-order valence-electron chi connectivity index (χ4n) is 0.689. The summed E-state index contributed by atoms with van der Waals surface area (Å²) in [6.07, 6.45) is 6.14. The molecule has 1 aromatic heterocycles. The first-order valence-corrected chi connectivity index (χ1v) is 2.84. The zero-order chi connectivity index (χ0) is 5.98. The second-order valence-electron chi connectivity index (χ2n) is 1.91. The zero-order valence-corrected chi connectivity index (χ0v) is 6.28. The van der Waals surface area contributed by atoms with Crippen LogP contribution in [0.5, 0.6) is 0 Å². The van der Waals surface area contributed by atoms with Gasteiger partial charge in [-0.25, -0.2) is 9.13 Å². The Balaban J connectivity index is 0. The maximum atomic E-state index is 2.12. The maximum Gasteiger partial charge on any atom is 0.243 e. The van der Waals surface area contributed by atoms with Crippen molar-refractivity contribution in [2.45, 2.75) is 13.5 Å². The molecule has 0 saturated carbocycles. The molecule has 10 heavy (non-hydrogen) atoms. The van der Waals surface area contributed by atoms with E-state index in [1.54, 1.807) is 0 Å². The van der Waals surface area contributed by atoms with Crippen LogP contribution in [0, 0.1) is 0 Å². The first-order valence-electron chi connectivity index (χ1n) is 2.84. The van der Waals surface area contributed by atoms with Gasteiger partial charge in [0.2, 0.25) is 6.33 Å². The third kappa shape index (κ3) is 2.61. The highest BCUT2D eigenvalue weighted by molar-refractivity contribution is 4.63. The maximum absolute atomic E-state index is 2.12. The minimum absolute atomic E-state index is 0. The van der Waals surface area contributed by atoms with Crippen molar-refractivity contribution in [3.8, 4) is 0 Å². The minimum atomic E-state index is 0. The van der Waals surface area contributed by atoms with Crippen molar-refractivity contribution in [1.29, 1.82) is 0 Å². The second-order valence-corrected chi connectivity index (χ2v) is 1.91. The molecular formula is C6H14N2O2. The Morgan fingerprint density at radius 3 is 2.30 bits per heavy atom. The molecule has 4 nitrogen and oxygen atoms in total. The SMILES string of the molecule is CCn1cc[n+](C)c1.O.[OH-]. The van der Waals surface area contributed by atoms with Crippen molar-refractivity contribution in [3.63, 3.8) is 0 Å². The quantitative estimate of drug-likeness (QED) is 0.484. The summed E-state index contributed by atoms with van der Waals surface area (Å²) in [5.74, 6) is 0. The normalized spacial score (nSPS) is 7.80. The van der Waals surface area contributed by atoms with Crippen LogP contribution in [0.15, 0.2) is 18.7 Å². The molecule has 0 spiro atoms. The fraction of sp³-hybridized carbons (Fsp3) is 0.500. The largest absolute Gasteiger partial charge is 0.870 e. The number of nitrogens with zero attached hydrogens (tertiary/aromatic N) is 2. The van der Waals surface area contributed by atoms with E-state index in [4.69, 9.17) is 0 Å². The van der Waals surface area contributed by atoms with E-state index in [0.29, 0.717) is 0 Å². The Morgan fingerprint density at radius 1 is 1.50 bits per heavy atom. The van der Waals surface area contributed by atoms with E-state index < -0.39 is 0 Å². The molecule has 0 amide bonds. The highest BCUT2D eigenvalue weighted by Gasteiger charge is 1.92. The molecule has 0 aliphatic rings. The van der Waals surface area contributed by atoms with Crippen LogP contribution < -0.4 is 4.57 Å². The van der Waals surface area contributed by atoms with E-state index in [1.165, 1.54) is 0 Å². The van der Waals surface area contributed by atoms with Gasteiger partial charge in [0.25, 0.3) is 0 Å². The Labute approximate surface area is 60.3 Å². The summed E-state index contributed by atoms with van der Waals surface area (Å²) in [4.78, 5) is 0. The highest BCUT2D eigenvalue weighted by atomic mass is 16.0. The fourth-order valence-corrected chi connectivity index (χ4v) is 0.689. The van der Waals surface area contributed by atoms with Gasteiger partial charge in [0.15, 0.2) is 0 Å². The van der Waals surface area contributed by atoms with E-state index in [9.17, 15) is 0 Å². The lowest BCUT2D eigenvalue weighted by Crippen LogP contribution is -2.23. The Kier molecular flexibility index (Phi) is 5.89. The molecule has 0 saturated heterocycles. The smallest absolute Gasteiger partial charge is 0.243 e. The molecule has 0 aliphatic heterocycles. The van der Waals surface area contributed by atoms with Gasteiger partial charge in [0.1, 0.15) is 12.4 Å². The third-order valence-electron chi connectivity index (χ3n) is 1.19. The van der Waals surface area contributed by atoms with Gasteiger partial charge in [0, 0.05) is 0 Å². The standard InChI is InChI=1S/C6H11N2.2H2O/c1-3-8-5-4-7(2)6-8;;/h4-6H,3H2,1-2H3;2*1H2/q+1;;/p-1. The number of aromatic nitrogens is 2. The molecule has 0 radical (unpaired) electrons. The van der Waals surface area contributed by atoms with Crippen molar-refractivity contribution in [2.75, 3.05) is 0 Å². The molecule has 1 aromatic rings. The van der Waals surface area contributed by atoms with Gasteiger partial charge in [-0.05, 0) is 6.92 Å². The van der Waals surface area contributed by atoms with Crippen molar-refractivity contribution < 1.29 is 15.5 Å². The average Bonchev–Trinajstić information content (AvgIpc) is 2.14. The number of hydrogen-bond donors (Lipinski definition) is 0. The van der Waals surface area contributed by atoms with Crippen LogP contribution in [0.2, 0.25) is 0 Å². The van der Waals surface area contributed by atoms with E-state index in [1.807, 2.05) is 17.8 Å². The van der Waals surface area contributed by atoms with Gasteiger partial charge in [-0.3, -0.25) is 0 Å². The van der Waals surface area contributed by atoms with E-state index >= 15 is 0 Å². The molecule has 1 rings (SSSR count).